The van der Waals surface area contributed by atoms with Gasteiger partial charge in [-0.05, 0) is 25.9 Å². The fourth-order valence-corrected chi connectivity index (χ4v) is 2.33. The molecular weight excluding hydrogens is 274 g/mol. The summed E-state index contributed by atoms with van der Waals surface area (Å²) in [6, 6.07) is 0. The van der Waals surface area contributed by atoms with Crippen molar-refractivity contribution in [2.75, 3.05) is 46.8 Å². The highest BCUT2D eigenvalue weighted by molar-refractivity contribution is 5.86. The zero-order valence-corrected chi connectivity index (χ0v) is 12.9. The number of carboxylic acids is 1. The average molecular weight is 299 g/mol. The lowest BCUT2D eigenvalue weighted by atomic mass is 10.1. The van der Waals surface area contributed by atoms with Crippen molar-refractivity contribution in [3.63, 3.8) is 0 Å². The zero-order valence-electron chi connectivity index (χ0n) is 12.9. The van der Waals surface area contributed by atoms with Gasteiger partial charge in [0.05, 0.1) is 6.54 Å². The van der Waals surface area contributed by atoms with Crippen molar-refractivity contribution in [1.82, 2.24) is 14.7 Å². The third-order valence-electron chi connectivity index (χ3n) is 3.69. The van der Waals surface area contributed by atoms with Crippen LogP contribution < -0.4 is 0 Å². The van der Waals surface area contributed by atoms with Gasteiger partial charge in [0.15, 0.2) is 0 Å². The number of piperidine rings is 1. The van der Waals surface area contributed by atoms with Crippen molar-refractivity contribution in [2.24, 2.45) is 0 Å². The molecule has 0 aromatic heterocycles. The molecule has 1 N–H and O–H groups in total. The molecule has 1 fully saturated rings. The Morgan fingerprint density at radius 2 is 1.52 bits per heavy atom. The Balaban J connectivity index is 2.29. The van der Waals surface area contributed by atoms with Gasteiger partial charge in [0, 0.05) is 27.1 Å². The third kappa shape index (κ3) is 6.57. The van der Waals surface area contributed by atoms with Gasteiger partial charge in [-0.2, -0.15) is 0 Å². The summed E-state index contributed by atoms with van der Waals surface area (Å²) in [5, 5.41) is 8.62. The maximum absolute atomic E-state index is 12.0. The second-order valence-electron chi connectivity index (χ2n) is 5.55. The first kappa shape index (κ1) is 17.4. The average Bonchev–Trinajstić information content (AvgIpc) is 2.44. The van der Waals surface area contributed by atoms with E-state index in [-0.39, 0.29) is 24.9 Å². The van der Waals surface area contributed by atoms with E-state index in [2.05, 4.69) is 4.90 Å². The number of likely N-dealkylation sites (N-methyl/N-ethyl adjacent to an activating group) is 2. The molecule has 21 heavy (non-hydrogen) atoms. The lowest BCUT2D eigenvalue weighted by Crippen LogP contribution is -2.42. The van der Waals surface area contributed by atoms with Crippen LogP contribution in [0.15, 0.2) is 0 Å². The van der Waals surface area contributed by atoms with Gasteiger partial charge in [-0.15, -0.1) is 0 Å². The number of carbonyl (C=O) groups excluding carboxylic acids is 2. The molecule has 7 nitrogen and oxygen atoms in total. The van der Waals surface area contributed by atoms with E-state index in [1.165, 1.54) is 31.2 Å². The highest BCUT2D eigenvalue weighted by Crippen LogP contribution is 2.09. The summed E-state index contributed by atoms with van der Waals surface area (Å²) in [6.45, 7) is 2.37. The molecular formula is C14H25N3O4. The van der Waals surface area contributed by atoms with Crippen LogP contribution in [0, 0.1) is 0 Å². The number of nitrogens with zero attached hydrogens (tertiary/aromatic N) is 3. The van der Waals surface area contributed by atoms with Gasteiger partial charge in [0.2, 0.25) is 11.8 Å². The van der Waals surface area contributed by atoms with E-state index in [4.69, 9.17) is 5.11 Å². The first-order valence-electron chi connectivity index (χ1n) is 7.32. The van der Waals surface area contributed by atoms with Crippen LogP contribution in [0.4, 0.5) is 0 Å². The normalized spacial score (nSPS) is 15.5. The molecule has 120 valence electrons. The van der Waals surface area contributed by atoms with E-state index in [1.54, 1.807) is 7.05 Å². The molecule has 2 amide bonds. The molecule has 1 heterocycles. The number of hydrogen-bond acceptors (Lipinski definition) is 4. The number of likely N-dealkylation sites (tertiary alicyclic amines) is 1. The maximum Gasteiger partial charge on any atom is 0.323 e. The second kappa shape index (κ2) is 8.61. The van der Waals surface area contributed by atoms with Gasteiger partial charge in [0.1, 0.15) is 6.54 Å². The number of rotatable bonds is 7. The molecule has 0 unspecified atom stereocenters. The van der Waals surface area contributed by atoms with Crippen LogP contribution in [0.3, 0.4) is 0 Å². The van der Waals surface area contributed by atoms with Gasteiger partial charge >= 0.3 is 5.97 Å². The summed E-state index contributed by atoms with van der Waals surface area (Å²) >= 11 is 0. The quantitative estimate of drug-likeness (QED) is 0.708. The van der Waals surface area contributed by atoms with Crippen molar-refractivity contribution in [1.29, 1.82) is 0 Å². The number of aliphatic carboxylic acids is 1. The Kier molecular flexibility index (Phi) is 7.14. The molecule has 0 aromatic carbocycles. The van der Waals surface area contributed by atoms with Gasteiger partial charge in [-0.3, -0.25) is 14.4 Å². The van der Waals surface area contributed by atoms with Gasteiger partial charge in [-0.25, -0.2) is 0 Å². The number of hydrogen-bond donors (Lipinski definition) is 1. The molecule has 0 radical (unpaired) electrons. The molecule has 1 saturated heterocycles. The predicted molar refractivity (Wildman–Crippen MR) is 77.8 cm³/mol. The first-order valence-corrected chi connectivity index (χ1v) is 7.32. The second-order valence-corrected chi connectivity index (χ2v) is 5.55. The van der Waals surface area contributed by atoms with E-state index >= 15 is 0 Å². The standard InChI is InChI=1S/C14H25N3O4/c1-15(10-13(19)16(2)11-14(20)21)12(18)6-9-17-7-4-3-5-8-17/h3-11H2,1-2H3,(H,20,21). The monoisotopic (exact) mass is 299 g/mol. The molecule has 1 aliphatic rings. The Morgan fingerprint density at radius 3 is 2.10 bits per heavy atom. The Labute approximate surface area is 125 Å². The van der Waals surface area contributed by atoms with E-state index in [9.17, 15) is 14.4 Å². The minimum Gasteiger partial charge on any atom is -0.480 e. The van der Waals surface area contributed by atoms with Gasteiger partial charge in [0.25, 0.3) is 0 Å². The third-order valence-corrected chi connectivity index (χ3v) is 3.69. The molecule has 0 saturated carbocycles. The fourth-order valence-electron chi connectivity index (χ4n) is 2.33. The SMILES string of the molecule is CN(CC(=O)O)C(=O)CN(C)C(=O)CCN1CCCCC1. The van der Waals surface area contributed by atoms with Crippen molar-refractivity contribution in [3.05, 3.63) is 0 Å². The molecule has 0 aliphatic carbocycles. The van der Waals surface area contributed by atoms with Crippen molar-refractivity contribution >= 4 is 17.8 Å². The fraction of sp³-hybridized carbons (Fsp3) is 0.786. The minimum atomic E-state index is -1.06. The number of amides is 2. The minimum absolute atomic E-state index is 0.0807. The van der Waals surface area contributed by atoms with Gasteiger partial charge in [-0.1, -0.05) is 6.42 Å². The number of carbonyl (C=O) groups is 3. The first-order chi connectivity index (χ1) is 9.90. The predicted octanol–water partition coefficient (Wildman–Crippen LogP) is -0.136. The molecule has 0 spiro atoms. The van der Waals surface area contributed by atoms with Crippen molar-refractivity contribution in [2.45, 2.75) is 25.7 Å². The summed E-state index contributed by atoms with van der Waals surface area (Å²) in [4.78, 5) is 39.0. The zero-order chi connectivity index (χ0) is 15.8. The summed E-state index contributed by atoms with van der Waals surface area (Å²) in [5.74, 6) is -1.52. The number of carboxylic acid groups (broad SMARTS) is 1. The summed E-state index contributed by atoms with van der Waals surface area (Å²) < 4.78 is 0. The van der Waals surface area contributed by atoms with Crippen LogP contribution in [-0.4, -0.2) is 84.4 Å². The van der Waals surface area contributed by atoms with Crippen LogP contribution in [0.2, 0.25) is 0 Å². The van der Waals surface area contributed by atoms with Crippen molar-refractivity contribution < 1.29 is 19.5 Å². The summed E-state index contributed by atoms with van der Waals surface area (Å²) in [7, 11) is 2.99. The molecule has 0 aromatic rings. The van der Waals surface area contributed by atoms with Gasteiger partial charge < -0.3 is 19.8 Å². The lowest BCUT2D eigenvalue weighted by Gasteiger charge is -2.27. The Hall–Kier alpha value is -1.63. The van der Waals surface area contributed by atoms with Crippen LogP contribution in [0.1, 0.15) is 25.7 Å². The van der Waals surface area contributed by atoms with Crippen LogP contribution in [0.25, 0.3) is 0 Å². The van der Waals surface area contributed by atoms with Crippen LogP contribution >= 0.6 is 0 Å². The summed E-state index contributed by atoms with van der Waals surface area (Å²) in [6.07, 6.45) is 4.02. The largest absolute Gasteiger partial charge is 0.480 e. The molecule has 0 bridgehead atoms. The van der Waals surface area contributed by atoms with E-state index in [0.717, 1.165) is 24.5 Å². The summed E-state index contributed by atoms with van der Waals surface area (Å²) in [5.41, 5.74) is 0. The van der Waals surface area contributed by atoms with E-state index in [0.29, 0.717) is 6.42 Å². The Bertz CT molecular complexity index is 380. The van der Waals surface area contributed by atoms with E-state index in [1.807, 2.05) is 0 Å². The highest BCUT2D eigenvalue weighted by atomic mass is 16.4. The van der Waals surface area contributed by atoms with Crippen LogP contribution in [-0.2, 0) is 14.4 Å². The van der Waals surface area contributed by atoms with Crippen molar-refractivity contribution in [3.8, 4) is 0 Å². The highest BCUT2D eigenvalue weighted by Gasteiger charge is 2.18. The molecule has 7 heteroatoms. The molecule has 1 aliphatic heterocycles. The maximum atomic E-state index is 12.0. The topological polar surface area (TPSA) is 81.2 Å². The lowest BCUT2D eigenvalue weighted by molar-refractivity contribution is -0.145. The smallest absolute Gasteiger partial charge is 0.323 e. The Morgan fingerprint density at radius 1 is 0.952 bits per heavy atom. The van der Waals surface area contributed by atoms with E-state index < -0.39 is 5.97 Å². The van der Waals surface area contributed by atoms with Crippen LogP contribution in [0.5, 0.6) is 0 Å². The molecule has 0 atom stereocenters. The molecule has 1 rings (SSSR count).